The molecule has 2 aromatic rings. The quantitative estimate of drug-likeness (QED) is 0.931. The molecule has 0 atom stereocenters. The number of methoxy groups -OCH3 is 1. The SMILES string of the molecule is COc1ccccc1N1CCN(C(=O)c2c[nH]c(C)cc2=O)CC1. The first-order valence-corrected chi connectivity index (χ1v) is 7.96. The lowest BCUT2D eigenvalue weighted by Crippen LogP contribution is -2.49. The van der Waals surface area contributed by atoms with Crippen LogP contribution in [0.15, 0.2) is 41.3 Å². The first-order valence-electron chi connectivity index (χ1n) is 7.96. The fourth-order valence-corrected chi connectivity index (χ4v) is 2.95. The number of hydrogen-bond donors (Lipinski definition) is 1. The number of benzene rings is 1. The molecule has 1 aromatic heterocycles. The van der Waals surface area contributed by atoms with Crippen molar-refractivity contribution in [2.45, 2.75) is 6.92 Å². The molecule has 2 heterocycles. The monoisotopic (exact) mass is 327 g/mol. The molecule has 6 heteroatoms. The van der Waals surface area contributed by atoms with Gasteiger partial charge in [-0.25, -0.2) is 0 Å². The fourth-order valence-electron chi connectivity index (χ4n) is 2.95. The smallest absolute Gasteiger partial charge is 0.259 e. The number of nitrogens with zero attached hydrogens (tertiary/aromatic N) is 2. The van der Waals surface area contributed by atoms with Gasteiger partial charge in [0.15, 0.2) is 5.43 Å². The molecule has 3 rings (SSSR count). The molecular formula is C18H21N3O3. The number of aromatic nitrogens is 1. The minimum Gasteiger partial charge on any atom is -0.495 e. The number of aryl methyl sites for hydroxylation is 1. The van der Waals surface area contributed by atoms with E-state index in [4.69, 9.17) is 4.74 Å². The van der Waals surface area contributed by atoms with Crippen LogP contribution in [0.3, 0.4) is 0 Å². The standard InChI is InChI=1S/C18H21N3O3/c1-13-11-16(22)14(12-19-13)18(23)21-9-7-20(8-10-21)15-5-3-4-6-17(15)24-2/h3-6,11-12H,7-10H2,1-2H3,(H,19,22). The van der Waals surface area contributed by atoms with Crippen molar-refractivity contribution in [3.63, 3.8) is 0 Å². The Morgan fingerprint density at radius 3 is 2.54 bits per heavy atom. The van der Waals surface area contributed by atoms with E-state index in [9.17, 15) is 9.59 Å². The molecule has 1 N–H and O–H groups in total. The van der Waals surface area contributed by atoms with E-state index in [1.807, 2.05) is 24.3 Å². The highest BCUT2D eigenvalue weighted by atomic mass is 16.5. The molecule has 1 aliphatic heterocycles. The van der Waals surface area contributed by atoms with Gasteiger partial charge < -0.3 is 19.5 Å². The highest BCUT2D eigenvalue weighted by molar-refractivity contribution is 5.94. The van der Waals surface area contributed by atoms with Gasteiger partial charge in [0.2, 0.25) is 0 Å². The first-order chi connectivity index (χ1) is 11.6. The zero-order valence-electron chi connectivity index (χ0n) is 13.9. The van der Waals surface area contributed by atoms with Gasteiger partial charge in [-0.15, -0.1) is 0 Å². The van der Waals surface area contributed by atoms with E-state index in [1.54, 1.807) is 18.9 Å². The minimum atomic E-state index is -0.233. The fraction of sp³-hybridized carbons (Fsp3) is 0.333. The van der Waals surface area contributed by atoms with E-state index in [1.165, 1.54) is 12.3 Å². The third-order valence-electron chi connectivity index (χ3n) is 4.28. The second-order valence-corrected chi connectivity index (χ2v) is 5.85. The topological polar surface area (TPSA) is 65.6 Å². The summed E-state index contributed by atoms with van der Waals surface area (Å²) >= 11 is 0. The second-order valence-electron chi connectivity index (χ2n) is 5.85. The molecule has 1 amide bonds. The third-order valence-corrected chi connectivity index (χ3v) is 4.28. The van der Waals surface area contributed by atoms with Crippen molar-refractivity contribution in [1.29, 1.82) is 0 Å². The summed E-state index contributed by atoms with van der Waals surface area (Å²) in [5.41, 5.74) is 1.74. The lowest BCUT2D eigenvalue weighted by Gasteiger charge is -2.36. The normalized spacial score (nSPS) is 14.6. The highest BCUT2D eigenvalue weighted by Crippen LogP contribution is 2.28. The summed E-state index contributed by atoms with van der Waals surface area (Å²) in [6, 6.07) is 9.31. The van der Waals surface area contributed by atoms with E-state index in [2.05, 4.69) is 9.88 Å². The molecule has 0 bridgehead atoms. The lowest BCUT2D eigenvalue weighted by molar-refractivity contribution is 0.0745. The van der Waals surface area contributed by atoms with Crippen LogP contribution in [0.25, 0.3) is 0 Å². The number of anilines is 1. The highest BCUT2D eigenvalue weighted by Gasteiger charge is 2.25. The maximum Gasteiger partial charge on any atom is 0.259 e. The molecular weight excluding hydrogens is 306 g/mol. The molecule has 0 aliphatic carbocycles. The number of pyridine rings is 1. The molecule has 24 heavy (non-hydrogen) atoms. The molecule has 1 saturated heterocycles. The van der Waals surface area contributed by atoms with Gasteiger partial charge in [-0.3, -0.25) is 9.59 Å². The van der Waals surface area contributed by atoms with Crippen LogP contribution in [0, 0.1) is 6.92 Å². The predicted octanol–water partition coefficient (Wildman–Crippen LogP) is 1.65. The maximum atomic E-state index is 12.6. The Bertz CT molecular complexity index is 792. The van der Waals surface area contributed by atoms with E-state index in [0.29, 0.717) is 26.2 Å². The Balaban J connectivity index is 1.71. The average Bonchev–Trinajstić information content (AvgIpc) is 2.61. The minimum absolute atomic E-state index is 0.200. The number of aromatic amines is 1. The third kappa shape index (κ3) is 3.13. The number of piperazine rings is 1. The van der Waals surface area contributed by atoms with Crippen molar-refractivity contribution in [3.8, 4) is 5.75 Å². The van der Waals surface area contributed by atoms with Crippen LogP contribution in [0.5, 0.6) is 5.75 Å². The van der Waals surface area contributed by atoms with Crippen LogP contribution in [0.2, 0.25) is 0 Å². The van der Waals surface area contributed by atoms with E-state index < -0.39 is 0 Å². The Morgan fingerprint density at radius 1 is 1.17 bits per heavy atom. The molecule has 0 unspecified atom stereocenters. The number of rotatable bonds is 3. The summed E-state index contributed by atoms with van der Waals surface area (Å²) in [7, 11) is 1.66. The maximum absolute atomic E-state index is 12.6. The summed E-state index contributed by atoms with van der Waals surface area (Å²) in [6.07, 6.45) is 1.51. The predicted molar refractivity (Wildman–Crippen MR) is 92.9 cm³/mol. The number of ether oxygens (including phenoxy) is 1. The van der Waals surface area contributed by atoms with Crippen LogP contribution < -0.4 is 15.1 Å². The lowest BCUT2D eigenvalue weighted by atomic mass is 10.2. The number of nitrogens with one attached hydrogen (secondary N) is 1. The van der Waals surface area contributed by atoms with Gasteiger partial charge in [0.05, 0.1) is 12.8 Å². The van der Waals surface area contributed by atoms with Gasteiger partial charge in [0.25, 0.3) is 5.91 Å². The summed E-state index contributed by atoms with van der Waals surface area (Å²) < 4.78 is 5.40. The van der Waals surface area contributed by atoms with Crippen LogP contribution in [0.4, 0.5) is 5.69 Å². The van der Waals surface area contributed by atoms with E-state index in [0.717, 1.165) is 17.1 Å². The Hall–Kier alpha value is -2.76. The van der Waals surface area contributed by atoms with Gasteiger partial charge >= 0.3 is 0 Å². The van der Waals surface area contributed by atoms with Gasteiger partial charge in [0.1, 0.15) is 11.3 Å². The van der Waals surface area contributed by atoms with Crippen molar-refractivity contribution < 1.29 is 9.53 Å². The van der Waals surface area contributed by atoms with Crippen molar-refractivity contribution in [3.05, 3.63) is 58.0 Å². The zero-order chi connectivity index (χ0) is 17.1. The van der Waals surface area contributed by atoms with Crippen molar-refractivity contribution >= 4 is 11.6 Å². The molecule has 1 aliphatic rings. The van der Waals surface area contributed by atoms with Gasteiger partial charge in [0, 0.05) is 44.1 Å². The number of hydrogen-bond acceptors (Lipinski definition) is 4. The van der Waals surface area contributed by atoms with E-state index >= 15 is 0 Å². The van der Waals surface area contributed by atoms with Crippen LogP contribution in [-0.2, 0) is 0 Å². The molecule has 1 fully saturated rings. The number of amides is 1. The van der Waals surface area contributed by atoms with Crippen LogP contribution >= 0.6 is 0 Å². The van der Waals surface area contributed by atoms with Crippen molar-refractivity contribution in [1.82, 2.24) is 9.88 Å². The summed E-state index contributed by atoms with van der Waals surface area (Å²) in [5.74, 6) is 0.614. The second kappa shape index (κ2) is 6.78. The van der Waals surface area contributed by atoms with Crippen molar-refractivity contribution in [2.75, 3.05) is 38.2 Å². The average molecular weight is 327 g/mol. The van der Waals surface area contributed by atoms with Crippen LogP contribution in [-0.4, -0.2) is 49.1 Å². The molecule has 0 saturated carbocycles. The molecule has 126 valence electrons. The first kappa shape index (κ1) is 16.1. The molecule has 1 aromatic carbocycles. The van der Waals surface area contributed by atoms with Crippen LogP contribution in [0.1, 0.15) is 16.1 Å². The molecule has 0 radical (unpaired) electrons. The number of para-hydroxylation sites is 2. The summed E-state index contributed by atoms with van der Waals surface area (Å²) in [6.45, 7) is 4.35. The number of carbonyl (C=O) groups excluding carboxylic acids is 1. The molecule has 0 spiro atoms. The number of carbonyl (C=O) groups is 1. The van der Waals surface area contributed by atoms with Gasteiger partial charge in [-0.2, -0.15) is 0 Å². The van der Waals surface area contributed by atoms with Gasteiger partial charge in [-0.1, -0.05) is 12.1 Å². The zero-order valence-corrected chi connectivity index (χ0v) is 13.9. The number of H-pyrrole nitrogens is 1. The summed E-state index contributed by atoms with van der Waals surface area (Å²) in [5, 5.41) is 0. The molecule has 6 nitrogen and oxygen atoms in total. The Kier molecular flexibility index (Phi) is 4.55. The van der Waals surface area contributed by atoms with Crippen molar-refractivity contribution in [2.24, 2.45) is 0 Å². The Morgan fingerprint density at radius 2 is 1.88 bits per heavy atom. The largest absolute Gasteiger partial charge is 0.495 e. The van der Waals surface area contributed by atoms with Gasteiger partial charge in [-0.05, 0) is 19.1 Å². The summed E-state index contributed by atoms with van der Waals surface area (Å²) in [4.78, 5) is 31.4. The Labute approximate surface area is 140 Å². The van der Waals surface area contributed by atoms with E-state index in [-0.39, 0.29) is 16.9 Å².